The maximum Gasteiger partial charge on any atom is 0.160 e. The van der Waals surface area contributed by atoms with Crippen molar-refractivity contribution in [1.82, 2.24) is 10.2 Å². The van der Waals surface area contributed by atoms with E-state index in [0.717, 1.165) is 31.7 Å². The molecular formula is C13H20ClFN2O2. The number of ether oxygens (including phenoxy) is 1. The van der Waals surface area contributed by atoms with Crippen molar-refractivity contribution < 1.29 is 14.2 Å². The molecule has 19 heavy (non-hydrogen) atoms. The number of aromatic hydroxyl groups is 1. The summed E-state index contributed by atoms with van der Waals surface area (Å²) in [6, 6.07) is 4.76. The largest absolute Gasteiger partial charge is 0.504 e. The van der Waals surface area contributed by atoms with Gasteiger partial charge in [-0.1, -0.05) is 6.07 Å². The smallest absolute Gasteiger partial charge is 0.160 e. The third-order valence-electron chi connectivity index (χ3n) is 3.33. The lowest BCUT2D eigenvalue weighted by Gasteiger charge is -2.33. The Morgan fingerprint density at radius 3 is 2.68 bits per heavy atom. The number of halogens is 2. The first-order valence-corrected chi connectivity index (χ1v) is 6.14. The number of phenols is 1. The lowest BCUT2D eigenvalue weighted by molar-refractivity contribution is 0.147. The summed E-state index contributed by atoms with van der Waals surface area (Å²) >= 11 is 0. The normalized spacial score (nSPS) is 17.6. The molecular weight excluding hydrogens is 271 g/mol. The maximum atomic E-state index is 13.3. The molecule has 1 heterocycles. The topological polar surface area (TPSA) is 44.7 Å². The van der Waals surface area contributed by atoms with E-state index in [1.807, 2.05) is 0 Å². The SMILES string of the molecule is COc1cc([C@@H](CF)N2CCNCC2)ccc1O.Cl. The van der Waals surface area contributed by atoms with Gasteiger partial charge in [-0.2, -0.15) is 0 Å². The van der Waals surface area contributed by atoms with Crippen molar-refractivity contribution in [3.05, 3.63) is 23.8 Å². The van der Waals surface area contributed by atoms with Gasteiger partial charge in [0, 0.05) is 26.2 Å². The Morgan fingerprint density at radius 2 is 2.11 bits per heavy atom. The van der Waals surface area contributed by atoms with Gasteiger partial charge in [-0.3, -0.25) is 4.90 Å². The Morgan fingerprint density at radius 1 is 1.42 bits per heavy atom. The average Bonchev–Trinajstić information content (AvgIpc) is 2.42. The summed E-state index contributed by atoms with van der Waals surface area (Å²) in [6.45, 7) is 2.99. The number of alkyl halides is 1. The summed E-state index contributed by atoms with van der Waals surface area (Å²) in [5.41, 5.74) is 0.842. The number of nitrogens with zero attached hydrogens (tertiary/aromatic N) is 1. The minimum absolute atomic E-state index is 0. The first-order chi connectivity index (χ1) is 8.76. The van der Waals surface area contributed by atoms with Crippen LogP contribution in [0.25, 0.3) is 0 Å². The number of phenolic OH excluding ortho intramolecular Hbond substituents is 1. The minimum Gasteiger partial charge on any atom is -0.504 e. The van der Waals surface area contributed by atoms with E-state index in [9.17, 15) is 9.50 Å². The van der Waals surface area contributed by atoms with Crippen molar-refractivity contribution >= 4 is 12.4 Å². The Bertz CT molecular complexity index is 400. The molecule has 1 aromatic carbocycles. The summed E-state index contributed by atoms with van der Waals surface area (Å²) in [5, 5.41) is 12.8. The highest BCUT2D eigenvalue weighted by Gasteiger charge is 2.22. The van der Waals surface area contributed by atoms with E-state index in [0.29, 0.717) is 5.75 Å². The van der Waals surface area contributed by atoms with Gasteiger partial charge in [-0.25, -0.2) is 4.39 Å². The van der Waals surface area contributed by atoms with E-state index < -0.39 is 6.67 Å². The number of piperazine rings is 1. The maximum absolute atomic E-state index is 13.3. The van der Waals surface area contributed by atoms with Crippen molar-refractivity contribution in [1.29, 1.82) is 0 Å². The Labute approximate surface area is 119 Å². The van der Waals surface area contributed by atoms with Crippen LogP contribution in [0.5, 0.6) is 11.5 Å². The van der Waals surface area contributed by atoms with Crippen LogP contribution in [0.2, 0.25) is 0 Å². The van der Waals surface area contributed by atoms with Gasteiger partial charge in [0.25, 0.3) is 0 Å². The quantitative estimate of drug-likeness (QED) is 0.887. The van der Waals surface area contributed by atoms with E-state index in [1.165, 1.54) is 7.11 Å². The molecule has 4 nitrogen and oxygen atoms in total. The molecule has 0 amide bonds. The zero-order valence-corrected chi connectivity index (χ0v) is 11.8. The highest BCUT2D eigenvalue weighted by molar-refractivity contribution is 5.85. The summed E-state index contributed by atoms with van der Waals surface area (Å²) < 4.78 is 18.4. The van der Waals surface area contributed by atoms with Crippen LogP contribution in [-0.4, -0.2) is 50.0 Å². The number of hydrogen-bond donors (Lipinski definition) is 2. The zero-order valence-electron chi connectivity index (χ0n) is 10.9. The van der Waals surface area contributed by atoms with Gasteiger partial charge in [-0.15, -0.1) is 12.4 Å². The first kappa shape index (κ1) is 16.0. The van der Waals surface area contributed by atoms with Crippen LogP contribution in [0.4, 0.5) is 4.39 Å². The fourth-order valence-corrected chi connectivity index (χ4v) is 2.29. The molecule has 1 aliphatic rings. The molecule has 0 unspecified atom stereocenters. The van der Waals surface area contributed by atoms with Crippen LogP contribution in [0.15, 0.2) is 18.2 Å². The second-order valence-corrected chi connectivity index (χ2v) is 4.39. The highest BCUT2D eigenvalue weighted by Crippen LogP contribution is 2.31. The fraction of sp³-hybridized carbons (Fsp3) is 0.538. The molecule has 2 rings (SSSR count). The van der Waals surface area contributed by atoms with Crippen LogP contribution in [0.1, 0.15) is 11.6 Å². The number of hydrogen-bond acceptors (Lipinski definition) is 4. The molecule has 0 bridgehead atoms. The van der Waals surface area contributed by atoms with Crippen molar-refractivity contribution in [3.63, 3.8) is 0 Å². The number of nitrogens with one attached hydrogen (secondary N) is 1. The molecule has 0 spiro atoms. The van der Waals surface area contributed by atoms with Crippen molar-refractivity contribution in [3.8, 4) is 11.5 Å². The van der Waals surface area contributed by atoms with E-state index in [-0.39, 0.29) is 24.2 Å². The van der Waals surface area contributed by atoms with E-state index in [1.54, 1.807) is 18.2 Å². The van der Waals surface area contributed by atoms with Gasteiger partial charge in [0.2, 0.25) is 0 Å². The molecule has 1 aliphatic heterocycles. The summed E-state index contributed by atoms with van der Waals surface area (Å²) in [5.74, 6) is 0.472. The van der Waals surface area contributed by atoms with Crippen LogP contribution in [0.3, 0.4) is 0 Å². The molecule has 1 atom stereocenters. The van der Waals surface area contributed by atoms with Gasteiger partial charge in [0.05, 0.1) is 13.2 Å². The summed E-state index contributed by atoms with van der Waals surface area (Å²) in [7, 11) is 1.49. The molecule has 1 aromatic rings. The predicted molar refractivity (Wildman–Crippen MR) is 75.1 cm³/mol. The van der Waals surface area contributed by atoms with Gasteiger partial charge in [-0.05, 0) is 17.7 Å². The Kier molecular flexibility index (Phi) is 6.34. The number of methoxy groups -OCH3 is 1. The fourth-order valence-electron chi connectivity index (χ4n) is 2.29. The lowest BCUT2D eigenvalue weighted by Crippen LogP contribution is -2.45. The zero-order chi connectivity index (χ0) is 13.0. The van der Waals surface area contributed by atoms with Gasteiger partial charge in [0.15, 0.2) is 11.5 Å². The second kappa shape index (κ2) is 7.53. The molecule has 0 saturated carbocycles. The van der Waals surface area contributed by atoms with Gasteiger partial charge in [0.1, 0.15) is 6.67 Å². The molecule has 6 heteroatoms. The van der Waals surface area contributed by atoms with E-state index in [2.05, 4.69) is 10.2 Å². The van der Waals surface area contributed by atoms with Crippen molar-refractivity contribution in [2.45, 2.75) is 6.04 Å². The standard InChI is InChI=1S/C13H19FN2O2.ClH/c1-18-13-8-10(2-3-12(13)17)11(9-14)16-6-4-15-5-7-16;/h2-3,8,11,15,17H,4-7,9H2,1H3;1H/t11-;/m1./s1. The third-order valence-corrected chi connectivity index (χ3v) is 3.33. The predicted octanol–water partition coefficient (Wildman–Crippen LogP) is 1.74. The summed E-state index contributed by atoms with van der Waals surface area (Å²) in [4.78, 5) is 2.11. The van der Waals surface area contributed by atoms with Crippen LogP contribution in [0, 0.1) is 0 Å². The first-order valence-electron chi connectivity index (χ1n) is 6.14. The Balaban J connectivity index is 0.00000180. The lowest BCUT2D eigenvalue weighted by atomic mass is 10.0. The Hall–Kier alpha value is -1.04. The van der Waals surface area contributed by atoms with Crippen molar-refractivity contribution in [2.24, 2.45) is 0 Å². The molecule has 0 aromatic heterocycles. The average molecular weight is 291 g/mol. The molecule has 1 fully saturated rings. The van der Waals surface area contributed by atoms with Crippen molar-refractivity contribution in [2.75, 3.05) is 40.0 Å². The van der Waals surface area contributed by atoms with E-state index >= 15 is 0 Å². The third kappa shape index (κ3) is 3.72. The molecule has 108 valence electrons. The van der Waals surface area contributed by atoms with E-state index in [4.69, 9.17) is 4.74 Å². The summed E-state index contributed by atoms with van der Waals surface area (Å²) in [6.07, 6.45) is 0. The number of benzene rings is 1. The number of rotatable bonds is 4. The minimum atomic E-state index is -0.437. The van der Waals surface area contributed by atoms with Gasteiger partial charge >= 0.3 is 0 Å². The second-order valence-electron chi connectivity index (χ2n) is 4.39. The molecule has 0 radical (unpaired) electrons. The molecule has 0 aliphatic carbocycles. The van der Waals surface area contributed by atoms with Gasteiger partial charge < -0.3 is 15.2 Å². The highest BCUT2D eigenvalue weighted by atomic mass is 35.5. The van der Waals surface area contributed by atoms with Crippen LogP contribution >= 0.6 is 12.4 Å². The molecule has 2 N–H and O–H groups in total. The van der Waals surface area contributed by atoms with Crippen LogP contribution in [-0.2, 0) is 0 Å². The van der Waals surface area contributed by atoms with Crippen LogP contribution < -0.4 is 10.1 Å². The molecule has 1 saturated heterocycles. The monoisotopic (exact) mass is 290 g/mol.